The lowest BCUT2D eigenvalue weighted by Gasteiger charge is -2.07. The van der Waals surface area contributed by atoms with Crippen LogP contribution >= 0.6 is 23.1 Å². The van der Waals surface area contributed by atoms with E-state index in [0.717, 1.165) is 49.2 Å². The van der Waals surface area contributed by atoms with Gasteiger partial charge in [0.1, 0.15) is 0 Å². The van der Waals surface area contributed by atoms with Crippen LogP contribution < -0.4 is 4.72 Å². The van der Waals surface area contributed by atoms with Gasteiger partial charge < -0.3 is 0 Å². The number of nitrogens with one attached hydrogen (secondary N) is 1. The van der Waals surface area contributed by atoms with Crippen molar-refractivity contribution in [3.8, 4) is 20.9 Å². The second-order valence-corrected chi connectivity index (χ2v) is 12.8. The number of thioether (sulfide) groups is 1. The molecule has 0 fully saturated rings. The van der Waals surface area contributed by atoms with Gasteiger partial charge in [-0.3, -0.25) is 4.79 Å². The summed E-state index contributed by atoms with van der Waals surface area (Å²) in [5, 5.41) is 3.11. The van der Waals surface area contributed by atoms with E-state index in [0.29, 0.717) is 5.75 Å². The minimum Gasteiger partial charge on any atom is -0.268 e. The molecule has 0 bridgehead atoms. The van der Waals surface area contributed by atoms with Gasteiger partial charge in [0, 0.05) is 32.5 Å². The maximum absolute atomic E-state index is 12.3. The Balaban J connectivity index is 1.51. The molecule has 6 nitrogen and oxygen atoms in total. The number of hydrogen-bond donors (Lipinski definition) is 1. The number of rotatable bonds is 7. The molecule has 2 aromatic heterocycles. The number of thiophene rings is 1. The fraction of sp³-hybridized carbons (Fsp3) is 0.138. The summed E-state index contributed by atoms with van der Waals surface area (Å²) in [5.41, 5.74) is 5.38. The molecule has 0 saturated heterocycles. The molecular formula is C29H25N3O3S3. The molecular weight excluding hydrogens is 535 g/mol. The Labute approximate surface area is 230 Å². The summed E-state index contributed by atoms with van der Waals surface area (Å²) >= 11 is 3.28. The second-order valence-electron chi connectivity index (χ2n) is 9.03. The Bertz CT molecular complexity index is 1740. The average Bonchev–Trinajstić information content (AvgIpc) is 3.30. The Morgan fingerprint density at radius 2 is 1.53 bits per heavy atom. The summed E-state index contributed by atoms with van der Waals surface area (Å²) in [7, 11) is -3.64. The predicted octanol–water partition coefficient (Wildman–Crippen LogP) is 6.62. The van der Waals surface area contributed by atoms with Crippen molar-refractivity contribution in [1.82, 2.24) is 14.7 Å². The number of amides is 1. The Kier molecular flexibility index (Phi) is 7.34. The molecule has 5 aromatic rings. The van der Waals surface area contributed by atoms with Gasteiger partial charge in [-0.2, -0.15) is 0 Å². The summed E-state index contributed by atoms with van der Waals surface area (Å²) < 4.78 is 24.9. The van der Waals surface area contributed by atoms with Crippen LogP contribution in [0.2, 0.25) is 0 Å². The van der Waals surface area contributed by atoms with Crippen molar-refractivity contribution in [2.45, 2.75) is 24.8 Å². The van der Waals surface area contributed by atoms with Gasteiger partial charge in [-0.05, 0) is 71.6 Å². The molecule has 0 aliphatic carbocycles. The molecule has 0 unspecified atom stereocenters. The van der Waals surface area contributed by atoms with Gasteiger partial charge in [0.15, 0.2) is 5.16 Å². The molecule has 0 aliphatic rings. The van der Waals surface area contributed by atoms with Crippen molar-refractivity contribution >= 4 is 49.8 Å². The number of aromatic nitrogens is 2. The second kappa shape index (κ2) is 10.7. The topological polar surface area (TPSA) is 89.0 Å². The first-order valence-corrected chi connectivity index (χ1v) is 15.5. The molecule has 2 heterocycles. The largest absolute Gasteiger partial charge is 0.268 e. The maximum Gasteiger partial charge on any atom is 0.264 e. The van der Waals surface area contributed by atoms with Crippen LogP contribution in [0.1, 0.15) is 27.3 Å². The fourth-order valence-electron chi connectivity index (χ4n) is 4.17. The Morgan fingerprint density at radius 1 is 0.868 bits per heavy atom. The minimum absolute atomic E-state index is 0.282. The lowest BCUT2D eigenvalue weighted by Crippen LogP contribution is -2.29. The normalized spacial score (nSPS) is 11.6. The van der Waals surface area contributed by atoms with Crippen LogP contribution in [0.3, 0.4) is 0 Å². The number of fused-ring (bicyclic) bond motifs is 1. The van der Waals surface area contributed by atoms with Crippen molar-refractivity contribution < 1.29 is 13.2 Å². The summed E-state index contributed by atoms with van der Waals surface area (Å²) in [6.07, 6.45) is 0.961. The zero-order valence-electron chi connectivity index (χ0n) is 21.1. The van der Waals surface area contributed by atoms with Crippen LogP contribution in [-0.2, 0) is 15.8 Å². The summed E-state index contributed by atoms with van der Waals surface area (Å²) in [4.78, 5) is 23.6. The van der Waals surface area contributed by atoms with E-state index in [1.807, 2.05) is 48.9 Å². The molecule has 1 amide bonds. The third-order valence-electron chi connectivity index (χ3n) is 5.85. The van der Waals surface area contributed by atoms with E-state index in [1.54, 1.807) is 35.2 Å². The molecule has 9 heteroatoms. The third kappa shape index (κ3) is 6.12. The molecule has 0 saturated carbocycles. The van der Waals surface area contributed by atoms with E-state index < -0.39 is 15.9 Å². The first kappa shape index (κ1) is 26.1. The molecule has 5 rings (SSSR count). The molecule has 0 aliphatic heterocycles. The lowest BCUT2D eigenvalue weighted by atomic mass is 10.0. The number of carbonyl (C=O) groups is 1. The third-order valence-corrected chi connectivity index (χ3v) is 8.58. The zero-order chi connectivity index (χ0) is 26.9. The van der Waals surface area contributed by atoms with Gasteiger partial charge in [-0.25, -0.2) is 23.1 Å². The van der Waals surface area contributed by atoms with Crippen molar-refractivity contribution in [3.63, 3.8) is 0 Å². The number of carbonyl (C=O) groups excluding carboxylic acids is 1. The highest BCUT2D eigenvalue weighted by molar-refractivity contribution is 7.98. The Morgan fingerprint density at radius 3 is 2.21 bits per heavy atom. The number of sulfonamides is 1. The standard InChI is InChI=1S/C29H25N3O3S3/c1-18-14-19(2)31-29(30-18)36-17-25-16-26(24-13-8-20-6-4-5-7-23(20)15-24)37-27(25)21-9-11-22(12-10-21)28(33)32-38(3,34)35/h4-16H,17H2,1-3H3,(H,32,33). The summed E-state index contributed by atoms with van der Waals surface area (Å²) in [6.45, 7) is 3.93. The molecule has 0 spiro atoms. The van der Waals surface area contributed by atoms with Crippen molar-refractivity contribution in [3.05, 3.63) is 101 Å². The predicted molar refractivity (Wildman–Crippen MR) is 156 cm³/mol. The molecule has 0 radical (unpaired) electrons. The van der Waals surface area contributed by atoms with E-state index in [2.05, 4.69) is 46.4 Å². The van der Waals surface area contributed by atoms with Crippen LogP contribution in [0.5, 0.6) is 0 Å². The zero-order valence-corrected chi connectivity index (χ0v) is 23.5. The quantitative estimate of drug-likeness (QED) is 0.178. The smallest absolute Gasteiger partial charge is 0.264 e. The lowest BCUT2D eigenvalue weighted by molar-refractivity contribution is 0.0981. The van der Waals surface area contributed by atoms with Gasteiger partial charge in [0.25, 0.3) is 5.91 Å². The minimum atomic E-state index is -3.64. The van der Waals surface area contributed by atoms with Crippen LogP contribution in [0.15, 0.2) is 84.0 Å². The summed E-state index contributed by atoms with van der Waals surface area (Å²) in [6, 6.07) is 25.9. The van der Waals surface area contributed by atoms with E-state index >= 15 is 0 Å². The molecule has 3 aromatic carbocycles. The van der Waals surface area contributed by atoms with Crippen LogP contribution in [0, 0.1) is 13.8 Å². The number of hydrogen-bond acceptors (Lipinski definition) is 7. The first-order chi connectivity index (χ1) is 18.1. The van der Waals surface area contributed by atoms with E-state index in [-0.39, 0.29) is 5.56 Å². The van der Waals surface area contributed by atoms with E-state index in [9.17, 15) is 13.2 Å². The number of nitrogens with zero attached hydrogens (tertiary/aromatic N) is 2. The first-order valence-electron chi connectivity index (χ1n) is 11.8. The average molecular weight is 560 g/mol. The van der Waals surface area contributed by atoms with Crippen LogP contribution in [0.25, 0.3) is 31.7 Å². The van der Waals surface area contributed by atoms with Crippen molar-refractivity contribution in [1.29, 1.82) is 0 Å². The van der Waals surface area contributed by atoms with E-state index in [1.165, 1.54) is 10.8 Å². The van der Waals surface area contributed by atoms with Gasteiger partial charge >= 0.3 is 0 Å². The fourth-order valence-corrected chi connectivity index (χ4v) is 6.82. The van der Waals surface area contributed by atoms with Crippen LogP contribution in [-0.4, -0.2) is 30.5 Å². The Hall–Kier alpha value is -3.53. The molecule has 0 atom stereocenters. The number of aryl methyl sites for hydroxylation is 2. The SMILES string of the molecule is Cc1cc(C)nc(SCc2cc(-c3ccc4ccccc4c3)sc2-c2ccc(C(=O)NS(C)(=O)=O)cc2)n1. The highest BCUT2D eigenvalue weighted by Crippen LogP contribution is 2.41. The molecule has 1 N–H and O–H groups in total. The van der Waals surface area contributed by atoms with Crippen molar-refractivity contribution in [2.75, 3.05) is 6.26 Å². The van der Waals surface area contributed by atoms with Gasteiger partial charge in [-0.15, -0.1) is 11.3 Å². The molecule has 192 valence electrons. The van der Waals surface area contributed by atoms with Crippen LogP contribution in [0.4, 0.5) is 0 Å². The number of benzene rings is 3. The van der Waals surface area contributed by atoms with Gasteiger partial charge in [0.2, 0.25) is 10.0 Å². The maximum atomic E-state index is 12.3. The van der Waals surface area contributed by atoms with Gasteiger partial charge in [-0.1, -0.05) is 60.3 Å². The van der Waals surface area contributed by atoms with Crippen molar-refractivity contribution in [2.24, 2.45) is 0 Å². The van der Waals surface area contributed by atoms with Gasteiger partial charge in [0.05, 0.1) is 6.26 Å². The highest BCUT2D eigenvalue weighted by atomic mass is 32.2. The highest BCUT2D eigenvalue weighted by Gasteiger charge is 2.16. The monoisotopic (exact) mass is 559 g/mol. The summed E-state index contributed by atoms with van der Waals surface area (Å²) in [5.74, 6) is 0.0309. The molecule has 38 heavy (non-hydrogen) atoms. The van der Waals surface area contributed by atoms with E-state index in [4.69, 9.17) is 0 Å².